The summed E-state index contributed by atoms with van der Waals surface area (Å²) in [5.41, 5.74) is -0.952. The molecule has 1 fully saturated rings. The molecule has 4 N–H and O–H groups in total. The van der Waals surface area contributed by atoms with Crippen molar-refractivity contribution in [3.05, 3.63) is 0 Å². The maximum absolute atomic E-state index is 9.47. The average Bonchev–Trinajstić information content (AvgIpc) is 2.08. The minimum absolute atomic E-state index is 0.381. The van der Waals surface area contributed by atoms with Crippen molar-refractivity contribution < 1.29 is 25.2 Å². The van der Waals surface area contributed by atoms with Crippen molar-refractivity contribution in [3.8, 4) is 0 Å². The molecule has 1 rings (SSSR count). The molecule has 0 bridgehead atoms. The number of rotatable bonds is 1. The minimum Gasteiger partial charge on any atom is -0.394 e. The molecule has 1 saturated heterocycles. The van der Waals surface area contributed by atoms with Gasteiger partial charge in [-0.25, -0.2) is 0 Å². The topological polar surface area (TPSA) is 90.2 Å². The molecule has 5 nitrogen and oxygen atoms in total. The first-order valence-electron chi connectivity index (χ1n) is 4.23. The fraction of sp³-hybridized carbons (Fsp3) is 1.00. The maximum Gasteiger partial charge on any atom is 0.111 e. The third-order valence-corrected chi connectivity index (χ3v) is 2.40. The number of ether oxygens (including phenoxy) is 1. The standard InChI is InChI=1S/C8H16O5/c1-8(2)7(12)6(11)5(10)4(3-9)13-8/h4-7,9-12H,3H2,1-2H3/t4?,5-,6-,7?/m1/s1. The summed E-state index contributed by atoms with van der Waals surface area (Å²) in [6.45, 7) is 2.80. The van der Waals surface area contributed by atoms with Crippen LogP contribution in [0.25, 0.3) is 0 Å². The van der Waals surface area contributed by atoms with Gasteiger partial charge in [-0.05, 0) is 13.8 Å². The molecule has 0 aliphatic carbocycles. The van der Waals surface area contributed by atoms with Crippen molar-refractivity contribution in [1.82, 2.24) is 0 Å². The maximum atomic E-state index is 9.47. The molecular weight excluding hydrogens is 176 g/mol. The van der Waals surface area contributed by atoms with E-state index < -0.39 is 30.0 Å². The molecule has 1 heterocycles. The van der Waals surface area contributed by atoms with Gasteiger partial charge < -0.3 is 25.2 Å². The van der Waals surface area contributed by atoms with E-state index in [0.717, 1.165) is 0 Å². The molecule has 0 aromatic heterocycles. The molecule has 1 aliphatic rings. The Hall–Kier alpha value is -0.200. The third-order valence-electron chi connectivity index (χ3n) is 2.40. The summed E-state index contributed by atoms with van der Waals surface area (Å²) in [4.78, 5) is 0. The highest BCUT2D eigenvalue weighted by Gasteiger charge is 2.47. The van der Waals surface area contributed by atoms with Crippen LogP contribution in [0, 0.1) is 0 Å². The molecule has 1 aliphatic heterocycles. The smallest absolute Gasteiger partial charge is 0.111 e. The fourth-order valence-corrected chi connectivity index (χ4v) is 1.49. The van der Waals surface area contributed by atoms with Crippen LogP contribution in [0.15, 0.2) is 0 Å². The monoisotopic (exact) mass is 192 g/mol. The first-order valence-corrected chi connectivity index (χ1v) is 4.23. The molecule has 0 aromatic carbocycles. The van der Waals surface area contributed by atoms with Crippen LogP contribution in [-0.4, -0.2) is 57.0 Å². The second-order valence-corrected chi connectivity index (χ2v) is 3.87. The van der Waals surface area contributed by atoms with Gasteiger partial charge in [-0.1, -0.05) is 0 Å². The summed E-state index contributed by atoms with van der Waals surface area (Å²) < 4.78 is 5.21. The number of hydrogen-bond donors (Lipinski definition) is 4. The van der Waals surface area contributed by atoms with Crippen LogP contribution in [0.3, 0.4) is 0 Å². The Kier molecular flexibility index (Phi) is 2.94. The highest BCUT2D eigenvalue weighted by molar-refractivity contribution is 4.96. The van der Waals surface area contributed by atoms with Crippen molar-refractivity contribution in [2.75, 3.05) is 6.61 Å². The zero-order valence-electron chi connectivity index (χ0n) is 7.71. The van der Waals surface area contributed by atoms with Crippen molar-refractivity contribution in [2.24, 2.45) is 0 Å². The van der Waals surface area contributed by atoms with E-state index in [1.54, 1.807) is 13.8 Å². The first kappa shape index (κ1) is 10.9. The van der Waals surface area contributed by atoms with Gasteiger partial charge in [0.25, 0.3) is 0 Å². The van der Waals surface area contributed by atoms with Gasteiger partial charge >= 0.3 is 0 Å². The summed E-state index contributed by atoms with van der Waals surface area (Å²) in [7, 11) is 0. The Morgan fingerprint density at radius 2 is 1.69 bits per heavy atom. The number of aliphatic hydroxyl groups excluding tert-OH is 4. The van der Waals surface area contributed by atoms with Gasteiger partial charge in [0.05, 0.1) is 12.2 Å². The van der Waals surface area contributed by atoms with Crippen LogP contribution in [-0.2, 0) is 4.74 Å². The van der Waals surface area contributed by atoms with E-state index in [1.165, 1.54) is 0 Å². The summed E-state index contributed by atoms with van der Waals surface area (Å²) in [6, 6.07) is 0. The molecular formula is C8H16O5. The predicted molar refractivity (Wildman–Crippen MR) is 44.1 cm³/mol. The lowest BCUT2D eigenvalue weighted by molar-refractivity contribution is -0.262. The molecule has 0 saturated carbocycles. The Morgan fingerprint density at radius 3 is 2.15 bits per heavy atom. The quantitative estimate of drug-likeness (QED) is 0.395. The van der Waals surface area contributed by atoms with E-state index in [4.69, 9.17) is 9.84 Å². The zero-order valence-corrected chi connectivity index (χ0v) is 7.71. The van der Waals surface area contributed by atoms with Gasteiger partial charge in [0.2, 0.25) is 0 Å². The Labute approximate surface area is 76.6 Å². The van der Waals surface area contributed by atoms with E-state index in [1.807, 2.05) is 0 Å². The largest absolute Gasteiger partial charge is 0.394 e. The molecule has 5 heteroatoms. The van der Waals surface area contributed by atoms with Crippen molar-refractivity contribution >= 4 is 0 Å². The van der Waals surface area contributed by atoms with Gasteiger partial charge in [-0.3, -0.25) is 0 Å². The van der Waals surface area contributed by atoms with Gasteiger partial charge in [0, 0.05) is 0 Å². The fourth-order valence-electron chi connectivity index (χ4n) is 1.49. The van der Waals surface area contributed by atoms with E-state index in [-0.39, 0.29) is 6.61 Å². The van der Waals surface area contributed by atoms with E-state index >= 15 is 0 Å². The van der Waals surface area contributed by atoms with Crippen molar-refractivity contribution in [3.63, 3.8) is 0 Å². The van der Waals surface area contributed by atoms with Crippen LogP contribution in [0.5, 0.6) is 0 Å². The van der Waals surface area contributed by atoms with Gasteiger partial charge in [-0.15, -0.1) is 0 Å². The molecule has 0 spiro atoms. The second-order valence-electron chi connectivity index (χ2n) is 3.87. The van der Waals surface area contributed by atoms with E-state index in [2.05, 4.69) is 0 Å². The van der Waals surface area contributed by atoms with Crippen LogP contribution >= 0.6 is 0 Å². The minimum atomic E-state index is -1.28. The van der Waals surface area contributed by atoms with Crippen LogP contribution in [0.2, 0.25) is 0 Å². The Morgan fingerprint density at radius 1 is 1.15 bits per heavy atom. The van der Waals surface area contributed by atoms with Crippen molar-refractivity contribution in [1.29, 1.82) is 0 Å². The summed E-state index contributed by atoms with van der Waals surface area (Å²) in [5.74, 6) is 0. The lowest BCUT2D eigenvalue weighted by Gasteiger charge is -2.45. The van der Waals surface area contributed by atoms with Gasteiger partial charge in [-0.2, -0.15) is 0 Å². The Balaban J connectivity index is 2.79. The lowest BCUT2D eigenvalue weighted by atomic mass is 9.87. The zero-order chi connectivity index (χ0) is 10.2. The average molecular weight is 192 g/mol. The van der Waals surface area contributed by atoms with Crippen molar-refractivity contribution in [2.45, 2.75) is 43.9 Å². The van der Waals surface area contributed by atoms with Crippen LogP contribution in [0.4, 0.5) is 0 Å². The molecule has 4 atom stereocenters. The number of aliphatic hydroxyl groups is 4. The molecule has 78 valence electrons. The normalized spacial score (nSPS) is 44.8. The molecule has 13 heavy (non-hydrogen) atoms. The highest BCUT2D eigenvalue weighted by Crippen LogP contribution is 2.28. The SMILES string of the molecule is CC1(C)OC(CO)[C@@H](O)[C@@H](O)C1O. The van der Waals surface area contributed by atoms with E-state index in [0.29, 0.717) is 0 Å². The summed E-state index contributed by atoms with van der Waals surface area (Å²) in [6.07, 6.45) is -4.51. The Bertz CT molecular complexity index is 179. The third kappa shape index (κ3) is 1.84. The van der Waals surface area contributed by atoms with Gasteiger partial charge in [0.1, 0.15) is 24.4 Å². The summed E-state index contributed by atoms with van der Waals surface area (Å²) >= 11 is 0. The highest BCUT2D eigenvalue weighted by atomic mass is 16.6. The molecule has 0 aromatic rings. The van der Waals surface area contributed by atoms with Gasteiger partial charge in [0.15, 0.2) is 0 Å². The van der Waals surface area contributed by atoms with Crippen LogP contribution in [0.1, 0.15) is 13.8 Å². The van der Waals surface area contributed by atoms with Crippen LogP contribution < -0.4 is 0 Å². The number of hydrogen-bond acceptors (Lipinski definition) is 5. The predicted octanol–water partition coefficient (Wildman–Crippen LogP) is -1.76. The first-order chi connectivity index (χ1) is 5.90. The second kappa shape index (κ2) is 3.51. The van der Waals surface area contributed by atoms with E-state index in [9.17, 15) is 15.3 Å². The summed E-state index contributed by atoms with van der Waals surface area (Å²) in [5, 5.41) is 37.0. The molecule has 0 amide bonds. The molecule has 2 unspecified atom stereocenters. The molecule has 0 radical (unpaired) electrons. The lowest BCUT2D eigenvalue weighted by Crippen LogP contribution is -2.62.